The van der Waals surface area contributed by atoms with Crippen molar-refractivity contribution < 1.29 is 13.5 Å². The number of aromatic nitrogens is 3. The van der Waals surface area contributed by atoms with E-state index in [0.29, 0.717) is 5.39 Å². The molecule has 0 saturated carbocycles. The van der Waals surface area contributed by atoms with E-state index in [1.807, 2.05) is 24.4 Å². The Kier molecular flexibility index (Phi) is 3.15. The molecule has 0 radical (unpaired) electrons. The molecule has 2 heterocycles. The van der Waals surface area contributed by atoms with Gasteiger partial charge in [-0.25, -0.2) is 9.50 Å². The first-order valence-electron chi connectivity index (χ1n) is 7.00. The van der Waals surface area contributed by atoms with Gasteiger partial charge >= 0.3 is 6.61 Å². The summed E-state index contributed by atoms with van der Waals surface area (Å²) in [6.45, 7) is -2.86. The highest BCUT2D eigenvalue weighted by Crippen LogP contribution is 2.34. The third-order valence-corrected chi connectivity index (χ3v) is 3.61. The number of fused-ring (bicyclic) bond motifs is 2. The maximum Gasteiger partial charge on any atom is 0.387 e. The van der Waals surface area contributed by atoms with Gasteiger partial charge in [-0.3, -0.25) is 0 Å². The lowest BCUT2D eigenvalue weighted by molar-refractivity contribution is -0.0487. The largest absolute Gasteiger partial charge is 0.434 e. The second-order valence-corrected chi connectivity index (χ2v) is 4.99. The van der Waals surface area contributed by atoms with Crippen molar-refractivity contribution >= 4 is 16.4 Å². The van der Waals surface area contributed by atoms with Gasteiger partial charge in [0.25, 0.3) is 0 Å². The van der Waals surface area contributed by atoms with Crippen molar-refractivity contribution in [1.29, 1.82) is 0 Å². The first kappa shape index (κ1) is 13.6. The highest BCUT2D eigenvalue weighted by molar-refractivity contribution is 5.99. The molecule has 2 aromatic heterocycles. The summed E-state index contributed by atoms with van der Waals surface area (Å²) >= 11 is 0. The van der Waals surface area contributed by atoms with Gasteiger partial charge in [0.1, 0.15) is 5.75 Å². The van der Waals surface area contributed by atoms with Crippen molar-refractivity contribution in [3.63, 3.8) is 0 Å². The molecule has 0 aliphatic rings. The minimum Gasteiger partial charge on any atom is -0.434 e. The molecule has 0 atom stereocenters. The third kappa shape index (κ3) is 2.38. The second kappa shape index (κ2) is 5.31. The Morgan fingerprint density at radius 1 is 1.00 bits per heavy atom. The molecule has 4 aromatic rings. The van der Waals surface area contributed by atoms with Crippen molar-refractivity contribution in [2.24, 2.45) is 0 Å². The Morgan fingerprint density at radius 3 is 2.61 bits per heavy atom. The van der Waals surface area contributed by atoms with Gasteiger partial charge in [-0.05, 0) is 23.6 Å². The number of hydrogen-bond donors (Lipinski definition) is 0. The highest BCUT2D eigenvalue weighted by atomic mass is 19.3. The fraction of sp³-hybridized carbons (Fsp3) is 0.0588. The third-order valence-electron chi connectivity index (χ3n) is 3.61. The lowest BCUT2D eigenvalue weighted by Crippen LogP contribution is -2.02. The predicted molar refractivity (Wildman–Crippen MR) is 82.6 cm³/mol. The number of alkyl halides is 2. The summed E-state index contributed by atoms with van der Waals surface area (Å²) in [6.07, 6.45) is 3.50. The number of nitrogens with zero attached hydrogens (tertiary/aromatic N) is 3. The van der Waals surface area contributed by atoms with Crippen LogP contribution in [0.2, 0.25) is 0 Å². The standard InChI is InChI=1S/C17H11F2N3O/c18-17(19)23-15-7-6-12(11-4-1-2-5-13(11)15)14-10-16-20-8-3-9-22(16)21-14/h1-10,17H. The van der Waals surface area contributed by atoms with Gasteiger partial charge in [0.15, 0.2) is 5.65 Å². The first-order valence-corrected chi connectivity index (χ1v) is 7.00. The van der Waals surface area contributed by atoms with Crippen LogP contribution in [0, 0.1) is 0 Å². The van der Waals surface area contributed by atoms with Crippen molar-refractivity contribution in [2.75, 3.05) is 0 Å². The molecule has 2 aromatic carbocycles. The highest BCUT2D eigenvalue weighted by Gasteiger charge is 2.13. The van der Waals surface area contributed by atoms with Gasteiger partial charge in [0, 0.05) is 29.4 Å². The summed E-state index contributed by atoms with van der Waals surface area (Å²) in [7, 11) is 0. The summed E-state index contributed by atoms with van der Waals surface area (Å²) in [6, 6.07) is 14.2. The number of hydrogen-bond acceptors (Lipinski definition) is 3. The first-order chi connectivity index (χ1) is 11.2. The number of ether oxygens (including phenoxy) is 1. The van der Waals surface area contributed by atoms with E-state index in [0.717, 1.165) is 22.3 Å². The van der Waals surface area contributed by atoms with Gasteiger partial charge in [-0.1, -0.05) is 24.3 Å². The maximum absolute atomic E-state index is 12.6. The lowest BCUT2D eigenvalue weighted by Gasteiger charge is -2.10. The van der Waals surface area contributed by atoms with Crippen molar-refractivity contribution in [1.82, 2.24) is 14.6 Å². The fourth-order valence-electron chi connectivity index (χ4n) is 2.66. The molecule has 114 valence electrons. The zero-order chi connectivity index (χ0) is 15.8. The molecule has 4 rings (SSSR count). The van der Waals surface area contributed by atoms with E-state index in [1.54, 1.807) is 41.0 Å². The second-order valence-electron chi connectivity index (χ2n) is 4.99. The number of rotatable bonds is 3. The molecule has 0 amide bonds. The summed E-state index contributed by atoms with van der Waals surface area (Å²) in [4.78, 5) is 4.24. The van der Waals surface area contributed by atoms with E-state index in [2.05, 4.69) is 14.8 Å². The van der Waals surface area contributed by atoms with Crippen molar-refractivity contribution in [3.05, 3.63) is 60.9 Å². The average Bonchev–Trinajstić information content (AvgIpc) is 2.98. The lowest BCUT2D eigenvalue weighted by atomic mass is 10.0. The fourth-order valence-corrected chi connectivity index (χ4v) is 2.66. The van der Waals surface area contributed by atoms with Crippen LogP contribution in [0.25, 0.3) is 27.7 Å². The molecule has 0 spiro atoms. The van der Waals surface area contributed by atoms with Crippen molar-refractivity contribution in [2.45, 2.75) is 6.61 Å². The van der Waals surface area contributed by atoms with Crippen LogP contribution in [0.3, 0.4) is 0 Å². The molecule has 0 unspecified atom stereocenters. The normalized spacial score (nSPS) is 11.4. The summed E-state index contributed by atoms with van der Waals surface area (Å²) in [5, 5.41) is 5.91. The number of halogens is 2. The molecule has 6 heteroatoms. The Morgan fingerprint density at radius 2 is 1.83 bits per heavy atom. The molecule has 4 nitrogen and oxygen atoms in total. The monoisotopic (exact) mass is 311 g/mol. The van der Waals surface area contributed by atoms with Crippen LogP contribution in [0.15, 0.2) is 60.9 Å². The summed E-state index contributed by atoms with van der Waals surface area (Å²) < 4.78 is 31.4. The van der Waals surface area contributed by atoms with Gasteiger partial charge in [0.05, 0.1) is 5.69 Å². The molecular weight excluding hydrogens is 300 g/mol. The van der Waals surface area contributed by atoms with Gasteiger partial charge in [-0.15, -0.1) is 0 Å². The zero-order valence-corrected chi connectivity index (χ0v) is 11.9. The van der Waals surface area contributed by atoms with Crippen LogP contribution in [0.1, 0.15) is 0 Å². The van der Waals surface area contributed by atoms with Gasteiger partial charge in [0.2, 0.25) is 0 Å². The molecule has 0 fully saturated rings. The Hall–Kier alpha value is -3.02. The molecule has 0 saturated heterocycles. The van der Waals surface area contributed by atoms with Crippen LogP contribution < -0.4 is 4.74 Å². The van der Waals surface area contributed by atoms with Crippen LogP contribution in [0.4, 0.5) is 8.78 Å². The van der Waals surface area contributed by atoms with E-state index >= 15 is 0 Å². The van der Waals surface area contributed by atoms with Crippen molar-refractivity contribution in [3.8, 4) is 17.0 Å². The molecule has 0 bridgehead atoms. The van der Waals surface area contributed by atoms with E-state index in [-0.39, 0.29) is 5.75 Å². The number of benzene rings is 2. The van der Waals surface area contributed by atoms with Gasteiger partial charge in [-0.2, -0.15) is 13.9 Å². The van der Waals surface area contributed by atoms with E-state index in [9.17, 15) is 8.78 Å². The summed E-state index contributed by atoms with van der Waals surface area (Å²) in [5.41, 5.74) is 2.29. The SMILES string of the molecule is FC(F)Oc1ccc(-c2cc3ncccn3n2)c2ccccc12. The minimum atomic E-state index is -2.86. The molecule has 0 N–H and O–H groups in total. The van der Waals surface area contributed by atoms with Crippen LogP contribution in [-0.2, 0) is 0 Å². The van der Waals surface area contributed by atoms with Gasteiger partial charge < -0.3 is 4.74 Å². The Bertz CT molecular complexity index is 964. The molecule has 23 heavy (non-hydrogen) atoms. The Labute approximate surface area is 130 Å². The van der Waals surface area contributed by atoms with E-state index in [1.165, 1.54) is 0 Å². The molecular formula is C17H11F2N3O. The topological polar surface area (TPSA) is 39.4 Å². The van der Waals surface area contributed by atoms with E-state index < -0.39 is 6.61 Å². The molecule has 0 aliphatic heterocycles. The smallest absolute Gasteiger partial charge is 0.387 e. The average molecular weight is 311 g/mol. The quantitative estimate of drug-likeness (QED) is 0.570. The maximum atomic E-state index is 12.6. The molecule has 0 aliphatic carbocycles. The van der Waals surface area contributed by atoms with Crippen LogP contribution >= 0.6 is 0 Å². The van der Waals surface area contributed by atoms with Crippen LogP contribution in [0.5, 0.6) is 5.75 Å². The van der Waals surface area contributed by atoms with E-state index in [4.69, 9.17) is 0 Å². The zero-order valence-electron chi connectivity index (χ0n) is 11.9. The minimum absolute atomic E-state index is 0.154. The predicted octanol–water partition coefficient (Wildman–Crippen LogP) is 4.15. The van der Waals surface area contributed by atoms with Crippen LogP contribution in [-0.4, -0.2) is 21.2 Å². The summed E-state index contributed by atoms with van der Waals surface area (Å²) in [5.74, 6) is 0.154. The Balaban J connectivity index is 1.93.